The van der Waals surface area contributed by atoms with E-state index in [1.807, 2.05) is 24.3 Å². The summed E-state index contributed by atoms with van der Waals surface area (Å²) in [6.45, 7) is 2.43. The summed E-state index contributed by atoms with van der Waals surface area (Å²) in [5, 5.41) is 9.06. The number of nitrogens with zero attached hydrogens (tertiary/aromatic N) is 1. The molecule has 2 aliphatic heterocycles. The van der Waals surface area contributed by atoms with Gasteiger partial charge in [0.25, 0.3) is 0 Å². The molecule has 0 radical (unpaired) electrons. The average molecular weight is 497 g/mol. The number of rotatable bonds is 6. The van der Waals surface area contributed by atoms with E-state index < -0.39 is 18.1 Å². The molecule has 0 spiro atoms. The van der Waals surface area contributed by atoms with E-state index in [0.29, 0.717) is 22.3 Å². The van der Waals surface area contributed by atoms with Crippen LogP contribution in [-0.4, -0.2) is 49.4 Å². The second kappa shape index (κ2) is 10.9. The van der Waals surface area contributed by atoms with E-state index in [4.69, 9.17) is 16.3 Å². The Balaban J connectivity index is 1.39. The van der Waals surface area contributed by atoms with Crippen LogP contribution in [-0.2, 0) is 9.53 Å². The monoisotopic (exact) mass is 496 g/mol. The Kier molecular flexibility index (Phi) is 7.95. The molecule has 0 unspecified atom stereocenters. The smallest absolute Gasteiger partial charge is 0.385 e. The molecule has 3 N–H and O–H groups in total. The zero-order valence-electron chi connectivity index (χ0n) is 18.6. The molecule has 1 amide bonds. The molecule has 2 aromatic rings. The highest BCUT2D eigenvalue weighted by Crippen LogP contribution is 2.32. The van der Waals surface area contributed by atoms with Crippen molar-refractivity contribution < 1.29 is 22.7 Å². The van der Waals surface area contributed by atoms with Gasteiger partial charge in [0.1, 0.15) is 11.9 Å². The zero-order valence-corrected chi connectivity index (χ0v) is 19.4. The van der Waals surface area contributed by atoms with Crippen LogP contribution in [0.25, 0.3) is 11.1 Å². The standard InChI is InChI=1S/C24H28ClF3N4O2/c25-20-14-31-22(32-23(33)17-4-5-21(30-13-17)24(26,27)28)11-19(20)16-2-1-3-18(10-16)29-12-15-6-8-34-9-7-15/h1-3,10-11,14-15,17,21,29-30H,4-9,12-13H2,(H,31,32,33)/t17-,21+/m1/s1. The van der Waals surface area contributed by atoms with E-state index in [1.54, 1.807) is 6.07 Å². The molecule has 2 saturated heterocycles. The number of benzene rings is 1. The van der Waals surface area contributed by atoms with Gasteiger partial charge >= 0.3 is 6.18 Å². The molecule has 0 saturated carbocycles. The third-order valence-electron chi connectivity index (χ3n) is 6.40. The van der Waals surface area contributed by atoms with Gasteiger partial charge in [0.15, 0.2) is 0 Å². The molecule has 4 rings (SSSR count). The van der Waals surface area contributed by atoms with E-state index in [1.165, 1.54) is 6.20 Å². The predicted octanol–water partition coefficient (Wildman–Crippen LogP) is 5.11. The maximum absolute atomic E-state index is 12.8. The van der Waals surface area contributed by atoms with Crippen LogP contribution < -0.4 is 16.0 Å². The number of pyridine rings is 1. The lowest BCUT2D eigenvalue weighted by molar-refractivity contribution is -0.163. The van der Waals surface area contributed by atoms with Gasteiger partial charge in [-0.3, -0.25) is 4.79 Å². The molecule has 3 heterocycles. The Hall–Kier alpha value is -2.36. The molecule has 34 heavy (non-hydrogen) atoms. The van der Waals surface area contributed by atoms with Crippen LogP contribution in [0.15, 0.2) is 36.5 Å². The largest absolute Gasteiger partial charge is 0.403 e. The summed E-state index contributed by atoms with van der Waals surface area (Å²) in [5.74, 6) is -0.0367. The molecular formula is C24H28ClF3N4O2. The lowest BCUT2D eigenvalue weighted by Gasteiger charge is -2.30. The van der Waals surface area contributed by atoms with Gasteiger partial charge in [0, 0.05) is 43.8 Å². The first-order chi connectivity index (χ1) is 16.3. The number of alkyl halides is 3. The van der Waals surface area contributed by atoms with Gasteiger partial charge < -0.3 is 20.7 Å². The number of piperidine rings is 1. The molecule has 2 fully saturated rings. The van der Waals surface area contributed by atoms with Gasteiger partial charge in [-0.2, -0.15) is 13.2 Å². The summed E-state index contributed by atoms with van der Waals surface area (Å²) in [4.78, 5) is 16.8. The quantitative estimate of drug-likeness (QED) is 0.518. The number of ether oxygens (including phenoxy) is 1. The Morgan fingerprint density at radius 2 is 1.97 bits per heavy atom. The van der Waals surface area contributed by atoms with Crippen molar-refractivity contribution in [1.82, 2.24) is 10.3 Å². The minimum atomic E-state index is -4.30. The fraction of sp³-hybridized carbons (Fsp3) is 0.500. The summed E-state index contributed by atoms with van der Waals surface area (Å²) in [5.41, 5.74) is 2.54. The fourth-order valence-corrected chi connectivity index (χ4v) is 4.54. The number of carbonyl (C=O) groups excluding carboxylic acids is 1. The maximum Gasteiger partial charge on any atom is 0.403 e. The SMILES string of the molecule is O=C(Nc1cc(-c2cccc(NCC3CCOCC3)c2)c(Cl)cn1)[C@@H]1CC[C@@H](C(F)(F)F)NC1. The summed E-state index contributed by atoms with van der Waals surface area (Å²) in [6.07, 6.45) is -0.729. The van der Waals surface area contributed by atoms with Gasteiger partial charge in [-0.25, -0.2) is 4.98 Å². The average Bonchev–Trinajstić information content (AvgIpc) is 2.84. The molecule has 1 aromatic heterocycles. The van der Waals surface area contributed by atoms with Crippen LogP contribution in [0.1, 0.15) is 25.7 Å². The molecule has 0 aliphatic carbocycles. The minimum Gasteiger partial charge on any atom is -0.385 e. The third kappa shape index (κ3) is 6.40. The summed E-state index contributed by atoms with van der Waals surface area (Å²) in [6, 6.07) is 7.96. The number of aromatic nitrogens is 1. The molecule has 184 valence electrons. The molecular weight excluding hydrogens is 469 g/mol. The molecule has 0 bridgehead atoms. The van der Waals surface area contributed by atoms with Crippen molar-refractivity contribution >= 4 is 29.0 Å². The van der Waals surface area contributed by atoms with Gasteiger partial charge in [-0.1, -0.05) is 23.7 Å². The van der Waals surface area contributed by atoms with E-state index in [0.717, 1.165) is 43.9 Å². The molecule has 2 aliphatic rings. The molecule has 6 nitrogen and oxygen atoms in total. The van der Waals surface area contributed by atoms with Gasteiger partial charge in [-0.15, -0.1) is 0 Å². The number of carbonyl (C=O) groups is 1. The topological polar surface area (TPSA) is 75.3 Å². The lowest BCUT2D eigenvalue weighted by Crippen LogP contribution is -2.50. The van der Waals surface area contributed by atoms with Crippen LogP contribution in [0, 0.1) is 11.8 Å². The predicted molar refractivity (Wildman–Crippen MR) is 126 cm³/mol. The maximum atomic E-state index is 12.8. The molecule has 10 heteroatoms. The van der Waals surface area contributed by atoms with Gasteiger partial charge in [-0.05, 0) is 55.4 Å². The first-order valence-electron chi connectivity index (χ1n) is 11.5. The molecule has 1 aromatic carbocycles. The number of anilines is 2. The first kappa shape index (κ1) is 24.8. The Morgan fingerprint density at radius 3 is 2.68 bits per heavy atom. The van der Waals surface area contributed by atoms with Crippen molar-refractivity contribution in [3.63, 3.8) is 0 Å². The lowest BCUT2D eigenvalue weighted by atomic mass is 9.93. The Labute approximate surface area is 201 Å². The second-order valence-electron chi connectivity index (χ2n) is 8.83. The van der Waals surface area contributed by atoms with E-state index >= 15 is 0 Å². The van der Waals surface area contributed by atoms with Crippen LogP contribution in [0.2, 0.25) is 5.02 Å². The number of nitrogens with one attached hydrogen (secondary N) is 3. The molecule has 2 atom stereocenters. The Bertz CT molecular complexity index is 990. The zero-order chi connectivity index (χ0) is 24.1. The van der Waals surface area contributed by atoms with Crippen LogP contribution in [0.5, 0.6) is 0 Å². The third-order valence-corrected chi connectivity index (χ3v) is 6.70. The number of halogens is 4. The Morgan fingerprint density at radius 1 is 1.18 bits per heavy atom. The summed E-state index contributed by atoms with van der Waals surface area (Å²) in [7, 11) is 0. The summed E-state index contributed by atoms with van der Waals surface area (Å²) >= 11 is 6.40. The second-order valence-corrected chi connectivity index (χ2v) is 9.24. The first-order valence-corrected chi connectivity index (χ1v) is 11.9. The van der Waals surface area contributed by atoms with Crippen molar-refractivity contribution in [3.05, 3.63) is 41.6 Å². The van der Waals surface area contributed by atoms with E-state index in [-0.39, 0.29) is 25.3 Å². The number of amides is 1. The van der Waals surface area contributed by atoms with E-state index in [9.17, 15) is 18.0 Å². The van der Waals surface area contributed by atoms with Crippen LogP contribution in [0.4, 0.5) is 24.7 Å². The van der Waals surface area contributed by atoms with Crippen molar-refractivity contribution in [2.24, 2.45) is 11.8 Å². The van der Waals surface area contributed by atoms with Crippen molar-refractivity contribution in [2.75, 3.05) is 36.9 Å². The van der Waals surface area contributed by atoms with E-state index in [2.05, 4.69) is 20.9 Å². The van der Waals surface area contributed by atoms with Gasteiger partial charge in [0.2, 0.25) is 5.91 Å². The highest BCUT2D eigenvalue weighted by Gasteiger charge is 2.42. The number of hydrogen-bond donors (Lipinski definition) is 3. The van der Waals surface area contributed by atoms with Crippen molar-refractivity contribution in [2.45, 2.75) is 37.9 Å². The van der Waals surface area contributed by atoms with Crippen molar-refractivity contribution in [1.29, 1.82) is 0 Å². The fourth-order valence-electron chi connectivity index (χ4n) is 4.33. The van der Waals surface area contributed by atoms with Crippen LogP contribution in [0.3, 0.4) is 0 Å². The summed E-state index contributed by atoms with van der Waals surface area (Å²) < 4.78 is 43.9. The van der Waals surface area contributed by atoms with Crippen LogP contribution >= 0.6 is 11.6 Å². The highest BCUT2D eigenvalue weighted by atomic mass is 35.5. The van der Waals surface area contributed by atoms with Crippen molar-refractivity contribution in [3.8, 4) is 11.1 Å². The minimum absolute atomic E-state index is 0.0305. The van der Waals surface area contributed by atoms with Gasteiger partial charge in [0.05, 0.1) is 10.9 Å². The highest BCUT2D eigenvalue weighted by molar-refractivity contribution is 6.33. The normalized spacial score (nSPS) is 21.8. The number of hydrogen-bond acceptors (Lipinski definition) is 5.